The molecule has 0 radical (unpaired) electrons. The molecule has 5 nitrogen and oxygen atoms in total. The van der Waals surface area contributed by atoms with Crippen molar-refractivity contribution in [2.75, 3.05) is 0 Å². The standard InChI is InChI=1S/C18H19NO4/c1-13(17(20)21)16(15-10-6-3-7-11-15)19-18(22)23-12-14-8-4-2-5-9-14/h2-11,13,16H,12H2,1H3,(H,19,22)(H,20,21)/t13-,16-/m1/s1. The maximum absolute atomic E-state index is 12.0. The Balaban J connectivity index is 2.02. The van der Waals surface area contributed by atoms with Gasteiger partial charge in [-0.1, -0.05) is 60.7 Å². The van der Waals surface area contributed by atoms with Crippen LogP contribution in [0.15, 0.2) is 60.7 Å². The van der Waals surface area contributed by atoms with Gasteiger partial charge in [0.15, 0.2) is 0 Å². The summed E-state index contributed by atoms with van der Waals surface area (Å²) in [6.07, 6.45) is -0.643. The molecule has 0 unspecified atom stereocenters. The van der Waals surface area contributed by atoms with Crippen LogP contribution in [-0.4, -0.2) is 17.2 Å². The summed E-state index contributed by atoms with van der Waals surface area (Å²) in [4.78, 5) is 23.3. The number of carbonyl (C=O) groups is 2. The van der Waals surface area contributed by atoms with E-state index in [0.29, 0.717) is 0 Å². The number of amides is 1. The van der Waals surface area contributed by atoms with Crippen LogP contribution in [0.25, 0.3) is 0 Å². The molecule has 0 saturated carbocycles. The van der Waals surface area contributed by atoms with Gasteiger partial charge in [0.25, 0.3) is 0 Å². The third-order valence-electron chi connectivity index (χ3n) is 3.53. The van der Waals surface area contributed by atoms with Crippen LogP contribution >= 0.6 is 0 Å². The van der Waals surface area contributed by atoms with E-state index in [1.807, 2.05) is 36.4 Å². The van der Waals surface area contributed by atoms with Gasteiger partial charge in [0, 0.05) is 0 Å². The van der Waals surface area contributed by atoms with Gasteiger partial charge in [-0.3, -0.25) is 4.79 Å². The Morgan fingerprint density at radius 1 is 1.04 bits per heavy atom. The molecule has 0 fully saturated rings. The molecule has 5 heteroatoms. The predicted molar refractivity (Wildman–Crippen MR) is 85.7 cm³/mol. The van der Waals surface area contributed by atoms with Gasteiger partial charge in [-0.2, -0.15) is 0 Å². The lowest BCUT2D eigenvalue weighted by Crippen LogP contribution is -2.35. The van der Waals surface area contributed by atoms with Crippen LogP contribution in [0.1, 0.15) is 24.1 Å². The summed E-state index contributed by atoms with van der Waals surface area (Å²) >= 11 is 0. The first kappa shape index (κ1) is 16.5. The summed E-state index contributed by atoms with van der Waals surface area (Å²) in [5, 5.41) is 11.9. The van der Waals surface area contributed by atoms with E-state index in [4.69, 9.17) is 4.74 Å². The first-order valence-corrected chi connectivity index (χ1v) is 7.33. The van der Waals surface area contributed by atoms with Crippen LogP contribution in [0.2, 0.25) is 0 Å². The molecule has 0 aromatic heterocycles. The zero-order chi connectivity index (χ0) is 16.7. The van der Waals surface area contributed by atoms with Gasteiger partial charge in [0.05, 0.1) is 12.0 Å². The van der Waals surface area contributed by atoms with Crippen molar-refractivity contribution in [3.63, 3.8) is 0 Å². The first-order chi connectivity index (χ1) is 11.1. The summed E-state index contributed by atoms with van der Waals surface area (Å²) in [6.45, 7) is 1.69. The fourth-order valence-corrected chi connectivity index (χ4v) is 2.19. The van der Waals surface area contributed by atoms with E-state index in [9.17, 15) is 14.7 Å². The molecule has 0 heterocycles. The smallest absolute Gasteiger partial charge is 0.407 e. The van der Waals surface area contributed by atoms with Gasteiger partial charge in [-0.05, 0) is 18.1 Å². The minimum absolute atomic E-state index is 0.135. The van der Waals surface area contributed by atoms with Crippen LogP contribution in [-0.2, 0) is 16.1 Å². The number of benzene rings is 2. The molecule has 120 valence electrons. The maximum Gasteiger partial charge on any atom is 0.407 e. The van der Waals surface area contributed by atoms with E-state index in [0.717, 1.165) is 11.1 Å². The van der Waals surface area contributed by atoms with Crippen LogP contribution in [0.4, 0.5) is 4.79 Å². The van der Waals surface area contributed by atoms with Gasteiger partial charge >= 0.3 is 12.1 Å². The average molecular weight is 313 g/mol. The molecular weight excluding hydrogens is 294 g/mol. The number of hydrogen-bond acceptors (Lipinski definition) is 3. The second-order valence-electron chi connectivity index (χ2n) is 5.22. The van der Waals surface area contributed by atoms with E-state index >= 15 is 0 Å². The van der Waals surface area contributed by atoms with Gasteiger partial charge in [0.1, 0.15) is 6.61 Å². The highest BCUT2D eigenvalue weighted by atomic mass is 16.5. The van der Waals surface area contributed by atoms with E-state index in [1.165, 1.54) is 0 Å². The largest absolute Gasteiger partial charge is 0.481 e. The van der Waals surface area contributed by atoms with E-state index in [2.05, 4.69) is 5.32 Å². The highest BCUT2D eigenvalue weighted by Gasteiger charge is 2.27. The predicted octanol–water partition coefficient (Wildman–Crippen LogP) is 3.37. The summed E-state index contributed by atoms with van der Waals surface area (Å²) < 4.78 is 5.17. The zero-order valence-electron chi connectivity index (χ0n) is 12.8. The molecular formula is C18H19NO4. The minimum atomic E-state index is -0.984. The molecule has 0 aliphatic carbocycles. The molecule has 0 aliphatic heterocycles. The number of nitrogens with one attached hydrogen (secondary N) is 1. The van der Waals surface area contributed by atoms with Crippen molar-refractivity contribution in [3.05, 3.63) is 71.8 Å². The molecule has 0 aliphatic rings. The average Bonchev–Trinajstić information content (AvgIpc) is 2.59. The van der Waals surface area contributed by atoms with Crippen LogP contribution in [0.5, 0.6) is 0 Å². The Kier molecular flexibility index (Phi) is 5.74. The van der Waals surface area contributed by atoms with Crippen molar-refractivity contribution in [3.8, 4) is 0 Å². The number of aliphatic carboxylic acids is 1. The number of carboxylic acids is 1. The Morgan fingerprint density at radius 2 is 1.61 bits per heavy atom. The summed E-state index contributed by atoms with van der Waals surface area (Å²) in [7, 11) is 0. The van der Waals surface area contributed by atoms with Crippen molar-refractivity contribution in [1.29, 1.82) is 0 Å². The Morgan fingerprint density at radius 3 is 2.17 bits per heavy atom. The van der Waals surface area contributed by atoms with Crippen molar-refractivity contribution >= 4 is 12.1 Å². The third-order valence-corrected chi connectivity index (χ3v) is 3.53. The zero-order valence-corrected chi connectivity index (χ0v) is 12.8. The SMILES string of the molecule is C[C@@H](C(=O)O)[C@@H](NC(=O)OCc1ccccc1)c1ccccc1. The topological polar surface area (TPSA) is 75.6 Å². The molecule has 2 aromatic carbocycles. The highest BCUT2D eigenvalue weighted by molar-refractivity contribution is 5.73. The number of rotatable bonds is 6. The molecule has 0 bridgehead atoms. The fraction of sp³-hybridized carbons (Fsp3) is 0.222. The van der Waals surface area contributed by atoms with Crippen LogP contribution in [0, 0.1) is 5.92 Å². The normalized spacial score (nSPS) is 12.9. The molecule has 0 spiro atoms. The number of carbonyl (C=O) groups excluding carboxylic acids is 1. The lowest BCUT2D eigenvalue weighted by atomic mass is 9.95. The summed E-state index contributed by atoms with van der Waals surface area (Å²) in [6, 6.07) is 17.6. The van der Waals surface area contributed by atoms with Crippen LogP contribution in [0.3, 0.4) is 0 Å². The molecule has 2 rings (SSSR count). The summed E-state index contributed by atoms with van der Waals surface area (Å²) in [5.41, 5.74) is 1.59. The molecule has 1 amide bonds. The van der Waals surface area contributed by atoms with E-state index in [-0.39, 0.29) is 6.61 Å². The molecule has 2 N–H and O–H groups in total. The third kappa shape index (κ3) is 4.85. The summed E-state index contributed by atoms with van der Waals surface area (Å²) in [5.74, 6) is -1.76. The number of hydrogen-bond donors (Lipinski definition) is 2. The van der Waals surface area contributed by atoms with E-state index in [1.54, 1.807) is 31.2 Å². The van der Waals surface area contributed by atoms with Crippen molar-refractivity contribution in [1.82, 2.24) is 5.32 Å². The fourth-order valence-electron chi connectivity index (χ4n) is 2.19. The second-order valence-corrected chi connectivity index (χ2v) is 5.22. The quantitative estimate of drug-likeness (QED) is 0.857. The first-order valence-electron chi connectivity index (χ1n) is 7.33. The Hall–Kier alpha value is -2.82. The Labute approximate surface area is 134 Å². The van der Waals surface area contributed by atoms with Gasteiger partial charge in [0.2, 0.25) is 0 Å². The van der Waals surface area contributed by atoms with E-state index < -0.39 is 24.0 Å². The minimum Gasteiger partial charge on any atom is -0.481 e. The highest BCUT2D eigenvalue weighted by Crippen LogP contribution is 2.22. The van der Waals surface area contributed by atoms with Crippen LogP contribution < -0.4 is 5.32 Å². The van der Waals surface area contributed by atoms with Crippen molar-refractivity contribution in [2.45, 2.75) is 19.6 Å². The second kappa shape index (κ2) is 7.98. The number of alkyl carbamates (subject to hydrolysis) is 1. The lowest BCUT2D eigenvalue weighted by molar-refractivity contribution is -0.142. The van der Waals surface area contributed by atoms with Crippen molar-refractivity contribution < 1.29 is 19.4 Å². The number of ether oxygens (including phenoxy) is 1. The van der Waals surface area contributed by atoms with Crippen molar-refractivity contribution in [2.24, 2.45) is 5.92 Å². The molecule has 0 saturated heterocycles. The van der Waals surface area contributed by atoms with Gasteiger partial charge in [-0.25, -0.2) is 4.79 Å². The van der Waals surface area contributed by atoms with Gasteiger partial charge < -0.3 is 15.2 Å². The number of carboxylic acid groups (broad SMARTS) is 1. The Bertz CT molecular complexity index is 643. The molecule has 2 aromatic rings. The monoisotopic (exact) mass is 313 g/mol. The lowest BCUT2D eigenvalue weighted by Gasteiger charge is -2.22. The maximum atomic E-state index is 12.0. The van der Waals surface area contributed by atoms with Gasteiger partial charge in [-0.15, -0.1) is 0 Å². The molecule has 2 atom stereocenters. The molecule has 23 heavy (non-hydrogen) atoms.